The standard InChI is InChI=1S/C8H15N3O2S/c9-3-5-14-8(13)11-4-1-2-6(11)7(10)12/h6H,1-5,9H2,(H2,10,12). The van der Waals surface area contributed by atoms with Gasteiger partial charge in [-0.1, -0.05) is 11.8 Å². The van der Waals surface area contributed by atoms with Gasteiger partial charge < -0.3 is 16.4 Å². The van der Waals surface area contributed by atoms with E-state index in [1.165, 1.54) is 0 Å². The molecule has 1 heterocycles. The molecule has 1 fully saturated rings. The first-order chi connectivity index (χ1) is 6.66. The second-order valence-electron chi connectivity index (χ2n) is 3.16. The van der Waals surface area contributed by atoms with Gasteiger partial charge in [0.2, 0.25) is 5.91 Å². The lowest BCUT2D eigenvalue weighted by Crippen LogP contribution is -2.42. The van der Waals surface area contributed by atoms with E-state index in [1.54, 1.807) is 4.90 Å². The number of nitrogens with two attached hydrogens (primary N) is 2. The van der Waals surface area contributed by atoms with Gasteiger partial charge >= 0.3 is 0 Å². The van der Waals surface area contributed by atoms with Crippen molar-refractivity contribution in [2.45, 2.75) is 18.9 Å². The summed E-state index contributed by atoms with van der Waals surface area (Å²) in [4.78, 5) is 24.1. The average Bonchev–Trinajstić information content (AvgIpc) is 2.62. The molecule has 1 saturated heterocycles. The van der Waals surface area contributed by atoms with Crippen LogP contribution < -0.4 is 11.5 Å². The number of likely N-dealkylation sites (tertiary alicyclic amines) is 1. The number of hydrogen-bond donors (Lipinski definition) is 2. The Hall–Kier alpha value is -0.750. The monoisotopic (exact) mass is 217 g/mol. The Morgan fingerprint density at radius 2 is 2.21 bits per heavy atom. The number of carbonyl (C=O) groups is 2. The maximum Gasteiger partial charge on any atom is 0.282 e. The second kappa shape index (κ2) is 5.21. The van der Waals surface area contributed by atoms with Crippen LogP contribution in [0, 0.1) is 0 Å². The zero-order valence-electron chi connectivity index (χ0n) is 7.94. The molecule has 0 saturated carbocycles. The first-order valence-corrected chi connectivity index (χ1v) is 5.58. The molecule has 0 aromatic rings. The Kier molecular flexibility index (Phi) is 4.21. The van der Waals surface area contributed by atoms with Crippen molar-refractivity contribution < 1.29 is 9.59 Å². The quantitative estimate of drug-likeness (QED) is 0.682. The van der Waals surface area contributed by atoms with Crippen LogP contribution in [0.15, 0.2) is 0 Å². The molecule has 6 heteroatoms. The van der Waals surface area contributed by atoms with Crippen LogP contribution in [-0.2, 0) is 4.79 Å². The Morgan fingerprint density at radius 3 is 2.79 bits per heavy atom. The third-order valence-corrected chi connectivity index (χ3v) is 3.08. The summed E-state index contributed by atoms with van der Waals surface area (Å²) in [6.45, 7) is 1.09. The number of thioether (sulfide) groups is 1. The van der Waals surface area contributed by atoms with E-state index in [-0.39, 0.29) is 5.24 Å². The number of primary amides is 1. The molecule has 0 spiro atoms. The number of carbonyl (C=O) groups excluding carboxylic acids is 2. The van der Waals surface area contributed by atoms with Crippen molar-refractivity contribution in [1.29, 1.82) is 0 Å². The van der Waals surface area contributed by atoms with E-state index in [0.29, 0.717) is 25.3 Å². The van der Waals surface area contributed by atoms with Gasteiger partial charge in [0.1, 0.15) is 6.04 Å². The molecule has 2 amide bonds. The van der Waals surface area contributed by atoms with Gasteiger partial charge in [-0.15, -0.1) is 0 Å². The Labute approximate surface area is 87.2 Å². The number of amides is 2. The van der Waals surface area contributed by atoms with E-state index in [4.69, 9.17) is 11.5 Å². The second-order valence-corrected chi connectivity index (χ2v) is 4.20. The molecule has 0 bridgehead atoms. The van der Waals surface area contributed by atoms with Gasteiger partial charge in [0.15, 0.2) is 0 Å². The van der Waals surface area contributed by atoms with E-state index in [2.05, 4.69) is 0 Å². The van der Waals surface area contributed by atoms with E-state index < -0.39 is 11.9 Å². The molecular weight excluding hydrogens is 202 g/mol. The van der Waals surface area contributed by atoms with E-state index in [0.717, 1.165) is 18.2 Å². The first-order valence-electron chi connectivity index (χ1n) is 4.59. The van der Waals surface area contributed by atoms with Crippen LogP contribution in [-0.4, -0.2) is 40.9 Å². The normalized spacial score (nSPS) is 21.2. The van der Waals surface area contributed by atoms with Gasteiger partial charge in [0.05, 0.1) is 0 Å². The van der Waals surface area contributed by atoms with Crippen LogP contribution in [0.5, 0.6) is 0 Å². The number of hydrogen-bond acceptors (Lipinski definition) is 4. The first kappa shape index (κ1) is 11.3. The molecule has 1 unspecified atom stereocenters. The highest BCUT2D eigenvalue weighted by Gasteiger charge is 2.32. The van der Waals surface area contributed by atoms with Crippen molar-refractivity contribution in [3.63, 3.8) is 0 Å². The van der Waals surface area contributed by atoms with Crippen LogP contribution in [0.1, 0.15) is 12.8 Å². The van der Waals surface area contributed by atoms with Crippen LogP contribution >= 0.6 is 11.8 Å². The van der Waals surface area contributed by atoms with Crippen molar-refractivity contribution >= 4 is 22.9 Å². The summed E-state index contributed by atoms with van der Waals surface area (Å²) in [6.07, 6.45) is 1.53. The highest BCUT2D eigenvalue weighted by molar-refractivity contribution is 8.13. The molecule has 5 nitrogen and oxygen atoms in total. The summed E-state index contributed by atoms with van der Waals surface area (Å²) >= 11 is 1.15. The maximum absolute atomic E-state index is 11.5. The summed E-state index contributed by atoms with van der Waals surface area (Å²) in [5.74, 6) is 0.171. The van der Waals surface area contributed by atoms with Crippen molar-refractivity contribution in [3.05, 3.63) is 0 Å². The topological polar surface area (TPSA) is 89.4 Å². The number of rotatable bonds is 3. The van der Waals surface area contributed by atoms with E-state index >= 15 is 0 Å². The molecule has 80 valence electrons. The fourth-order valence-electron chi connectivity index (χ4n) is 1.51. The zero-order chi connectivity index (χ0) is 10.6. The van der Waals surface area contributed by atoms with Gasteiger partial charge in [-0.2, -0.15) is 0 Å². The van der Waals surface area contributed by atoms with Gasteiger partial charge in [-0.3, -0.25) is 9.59 Å². The molecule has 1 aliphatic heterocycles. The van der Waals surface area contributed by atoms with Gasteiger partial charge in [-0.05, 0) is 12.8 Å². The van der Waals surface area contributed by atoms with Gasteiger partial charge in [0, 0.05) is 18.8 Å². The molecule has 0 aliphatic carbocycles. The summed E-state index contributed by atoms with van der Waals surface area (Å²) in [6, 6.07) is -0.409. The summed E-state index contributed by atoms with van der Waals surface area (Å²) in [5.41, 5.74) is 10.5. The van der Waals surface area contributed by atoms with Crippen molar-refractivity contribution in [1.82, 2.24) is 4.90 Å². The zero-order valence-corrected chi connectivity index (χ0v) is 8.76. The predicted octanol–water partition coefficient (Wildman–Crippen LogP) is -0.252. The molecule has 0 radical (unpaired) electrons. The lowest BCUT2D eigenvalue weighted by atomic mass is 10.2. The van der Waals surface area contributed by atoms with Crippen molar-refractivity contribution in [2.75, 3.05) is 18.8 Å². The van der Waals surface area contributed by atoms with Crippen molar-refractivity contribution in [3.8, 4) is 0 Å². The lowest BCUT2D eigenvalue weighted by Gasteiger charge is -2.21. The van der Waals surface area contributed by atoms with Crippen LogP contribution in [0.2, 0.25) is 0 Å². The van der Waals surface area contributed by atoms with E-state index in [9.17, 15) is 9.59 Å². The largest absolute Gasteiger partial charge is 0.368 e. The molecule has 0 aromatic carbocycles. The predicted molar refractivity (Wildman–Crippen MR) is 55.8 cm³/mol. The van der Waals surface area contributed by atoms with Crippen LogP contribution in [0.3, 0.4) is 0 Å². The minimum Gasteiger partial charge on any atom is -0.368 e. The average molecular weight is 217 g/mol. The van der Waals surface area contributed by atoms with E-state index in [1.807, 2.05) is 0 Å². The third kappa shape index (κ3) is 2.62. The Bertz CT molecular complexity index is 235. The maximum atomic E-state index is 11.5. The molecule has 1 aliphatic rings. The Balaban J connectivity index is 2.49. The summed E-state index contributed by atoms with van der Waals surface area (Å²) in [5, 5.41) is -0.0863. The van der Waals surface area contributed by atoms with Crippen molar-refractivity contribution in [2.24, 2.45) is 11.5 Å². The van der Waals surface area contributed by atoms with Crippen LogP contribution in [0.25, 0.3) is 0 Å². The summed E-state index contributed by atoms with van der Waals surface area (Å²) in [7, 11) is 0. The molecule has 0 aromatic heterocycles. The molecule has 4 N–H and O–H groups in total. The molecule has 14 heavy (non-hydrogen) atoms. The molecule has 1 atom stereocenters. The molecule has 1 rings (SSSR count). The highest BCUT2D eigenvalue weighted by atomic mass is 32.2. The smallest absolute Gasteiger partial charge is 0.282 e. The fourth-order valence-corrected chi connectivity index (χ4v) is 2.19. The van der Waals surface area contributed by atoms with Crippen LogP contribution in [0.4, 0.5) is 4.79 Å². The number of nitrogens with zero attached hydrogens (tertiary/aromatic N) is 1. The minimum absolute atomic E-state index is 0.0863. The SMILES string of the molecule is NCCSC(=O)N1CCCC1C(N)=O. The molecular formula is C8H15N3O2S. The fraction of sp³-hybridized carbons (Fsp3) is 0.750. The third-order valence-electron chi connectivity index (χ3n) is 2.16. The summed E-state index contributed by atoms with van der Waals surface area (Å²) < 4.78 is 0. The Morgan fingerprint density at radius 1 is 1.50 bits per heavy atom. The van der Waals surface area contributed by atoms with Gasteiger partial charge in [-0.25, -0.2) is 0 Å². The highest BCUT2D eigenvalue weighted by Crippen LogP contribution is 2.21. The minimum atomic E-state index is -0.413. The van der Waals surface area contributed by atoms with Gasteiger partial charge in [0.25, 0.3) is 5.24 Å². The lowest BCUT2D eigenvalue weighted by molar-refractivity contribution is -0.121.